The zero-order valence-electron chi connectivity index (χ0n) is 14.1. The van der Waals surface area contributed by atoms with Gasteiger partial charge in [0.2, 0.25) is 5.78 Å². The van der Waals surface area contributed by atoms with Crippen molar-refractivity contribution in [1.29, 1.82) is 0 Å². The second-order valence-corrected chi connectivity index (χ2v) is 6.11. The minimum absolute atomic E-state index is 0.0468. The Morgan fingerprint density at radius 2 is 1.78 bits per heavy atom. The molecule has 0 fully saturated rings. The van der Waals surface area contributed by atoms with Gasteiger partial charge in [-0.3, -0.25) is 4.79 Å². The molecule has 0 aliphatic heterocycles. The summed E-state index contributed by atoms with van der Waals surface area (Å²) < 4.78 is 17.3. The summed E-state index contributed by atoms with van der Waals surface area (Å²) in [6, 6.07) is 13.7. The van der Waals surface area contributed by atoms with Gasteiger partial charge in [-0.1, -0.05) is 30.3 Å². The zero-order valence-corrected chi connectivity index (χ0v) is 14.1. The number of imidazole rings is 1. The number of aryl methyl sites for hydroxylation is 1. The number of fused-ring (bicyclic) bond motifs is 3. The van der Waals surface area contributed by atoms with Gasteiger partial charge in [-0.15, -0.1) is 0 Å². The van der Waals surface area contributed by atoms with E-state index in [1.54, 1.807) is 22.8 Å². The number of carbonyl (C=O) groups is 1. The van der Waals surface area contributed by atoms with Gasteiger partial charge in [0.05, 0.1) is 17.6 Å². The van der Waals surface area contributed by atoms with E-state index in [0.29, 0.717) is 11.1 Å². The minimum Gasteiger partial charge on any atom is -0.550 e. The highest BCUT2D eigenvalue weighted by Gasteiger charge is 2.16. The van der Waals surface area contributed by atoms with Crippen molar-refractivity contribution in [2.24, 2.45) is 0 Å². The first-order valence-corrected chi connectivity index (χ1v) is 8.35. The molecule has 0 amide bonds. The summed E-state index contributed by atoms with van der Waals surface area (Å²) in [5.74, 6) is -1.35. The molecule has 2 heterocycles. The number of carboxylic acid groups (broad SMARTS) is 1. The molecule has 2 aromatic carbocycles. The summed E-state index contributed by atoms with van der Waals surface area (Å²) in [5, 5.41) is 15.0. The number of hydrogen-bond donors (Lipinski definition) is 0. The third kappa shape index (κ3) is 3.05. The summed E-state index contributed by atoms with van der Waals surface area (Å²) in [6.07, 6.45) is -0.381. The van der Waals surface area contributed by atoms with Crippen molar-refractivity contribution in [3.63, 3.8) is 0 Å². The first-order valence-electron chi connectivity index (χ1n) is 8.35. The lowest BCUT2D eigenvalue weighted by Gasteiger charge is -2.07. The number of benzene rings is 2. The van der Waals surface area contributed by atoms with Crippen molar-refractivity contribution in [3.05, 3.63) is 76.0 Å². The number of para-hydroxylation sites is 2. The lowest BCUT2D eigenvalue weighted by atomic mass is 10.2. The van der Waals surface area contributed by atoms with Gasteiger partial charge in [-0.05, 0) is 24.6 Å². The van der Waals surface area contributed by atoms with Crippen molar-refractivity contribution < 1.29 is 14.3 Å². The van der Waals surface area contributed by atoms with Crippen LogP contribution < -0.4 is 10.7 Å². The Morgan fingerprint density at radius 3 is 2.52 bits per heavy atom. The van der Waals surface area contributed by atoms with Crippen LogP contribution in [0, 0.1) is 5.82 Å². The number of nitrogens with zero attached hydrogens (tertiary/aromatic N) is 4. The van der Waals surface area contributed by atoms with Crippen LogP contribution in [0.5, 0.6) is 0 Å². The lowest BCUT2D eigenvalue weighted by Crippen LogP contribution is -2.25. The third-order valence-corrected chi connectivity index (χ3v) is 4.35. The molecule has 0 N–H and O–H groups in total. The van der Waals surface area contributed by atoms with Crippen LogP contribution in [0.4, 0.5) is 4.39 Å². The van der Waals surface area contributed by atoms with Crippen LogP contribution in [0.3, 0.4) is 0 Å². The number of aromatic nitrogens is 4. The fourth-order valence-corrected chi connectivity index (χ4v) is 3.06. The van der Waals surface area contributed by atoms with E-state index in [-0.39, 0.29) is 36.7 Å². The van der Waals surface area contributed by atoms with Crippen LogP contribution in [0.1, 0.15) is 17.7 Å². The van der Waals surface area contributed by atoms with E-state index in [1.165, 1.54) is 10.6 Å². The number of aliphatic carboxylic acids is 1. The molecule has 0 saturated heterocycles. The average molecular weight is 365 g/mol. The van der Waals surface area contributed by atoms with Crippen LogP contribution in [0.2, 0.25) is 0 Å². The van der Waals surface area contributed by atoms with Gasteiger partial charge in [0.15, 0.2) is 0 Å². The Kier molecular flexibility index (Phi) is 4.15. The molecular weight excluding hydrogens is 351 g/mol. The highest BCUT2D eigenvalue weighted by Crippen LogP contribution is 2.20. The molecule has 0 unspecified atom stereocenters. The predicted octanol–water partition coefficient (Wildman–Crippen LogP) is 0.914. The maximum absolute atomic E-state index is 14.1. The van der Waals surface area contributed by atoms with Crippen LogP contribution in [0.25, 0.3) is 16.8 Å². The second kappa shape index (κ2) is 6.64. The molecule has 0 aliphatic carbocycles. The SMILES string of the molecule is O=C([O-])CCc1nn2c3ccccc3n(Cc3ccccc3F)c2nc1=O. The highest BCUT2D eigenvalue weighted by molar-refractivity contribution is 5.80. The van der Waals surface area contributed by atoms with Crippen LogP contribution >= 0.6 is 0 Å². The highest BCUT2D eigenvalue weighted by atomic mass is 19.1. The predicted molar refractivity (Wildman–Crippen MR) is 93.6 cm³/mol. The maximum atomic E-state index is 14.1. The van der Waals surface area contributed by atoms with Crippen molar-refractivity contribution in [2.45, 2.75) is 19.4 Å². The molecule has 4 rings (SSSR count). The number of carboxylic acids is 1. The topological polar surface area (TPSA) is 92.3 Å². The van der Waals surface area contributed by atoms with E-state index in [9.17, 15) is 19.1 Å². The number of rotatable bonds is 5. The molecule has 0 atom stereocenters. The van der Waals surface area contributed by atoms with Gasteiger partial charge in [0, 0.05) is 18.0 Å². The van der Waals surface area contributed by atoms with E-state index in [4.69, 9.17) is 0 Å². The average Bonchev–Trinajstić information content (AvgIpc) is 2.94. The number of halogens is 1. The molecule has 2 aromatic heterocycles. The summed E-state index contributed by atoms with van der Waals surface area (Å²) >= 11 is 0. The largest absolute Gasteiger partial charge is 0.550 e. The zero-order chi connectivity index (χ0) is 19.0. The first-order chi connectivity index (χ1) is 13.0. The summed E-state index contributed by atoms with van der Waals surface area (Å²) in [7, 11) is 0. The fraction of sp³-hybridized carbons (Fsp3) is 0.158. The standard InChI is InChI=1S/C19H15FN4O3/c20-13-6-2-1-5-12(13)11-23-15-7-3-4-8-16(15)24-19(23)21-18(27)14(22-24)9-10-17(25)26/h1-8H,9-11H2,(H,25,26)/p-1. The van der Waals surface area contributed by atoms with Crippen LogP contribution in [0.15, 0.2) is 53.3 Å². The Balaban J connectivity index is 1.92. The monoisotopic (exact) mass is 365 g/mol. The Bertz CT molecular complexity index is 1230. The molecule has 27 heavy (non-hydrogen) atoms. The van der Waals surface area contributed by atoms with Gasteiger partial charge < -0.3 is 14.5 Å². The van der Waals surface area contributed by atoms with E-state index < -0.39 is 11.5 Å². The van der Waals surface area contributed by atoms with Gasteiger partial charge in [-0.25, -0.2) is 4.39 Å². The molecule has 0 bridgehead atoms. The molecule has 0 saturated carbocycles. The Hall–Kier alpha value is -3.55. The third-order valence-electron chi connectivity index (χ3n) is 4.35. The molecule has 8 heteroatoms. The van der Waals surface area contributed by atoms with Crippen LogP contribution in [-0.2, 0) is 17.8 Å². The number of carbonyl (C=O) groups excluding carboxylic acids is 1. The van der Waals surface area contributed by atoms with Gasteiger partial charge in [0.1, 0.15) is 11.5 Å². The van der Waals surface area contributed by atoms with E-state index in [0.717, 1.165) is 5.52 Å². The Morgan fingerprint density at radius 1 is 1.07 bits per heavy atom. The first kappa shape index (κ1) is 16.9. The fourth-order valence-electron chi connectivity index (χ4n) is 3.06. The molecule has 136 valence electrons. The van der Waals surface area contributed by atoms with E-state index in [2.05, 4.69) is 10.1 Å². The Labute approximate surface area is 152 Å². The quantitative estimate of drug-likeness (QED) is 0.524. The minimum atomic E-state index is -1.26. The van der Waals surface area contributed by atoms with Crippen molar-refractivity contribution in [2.75, 3.05) is 0 Å². The van der Waals surface area contributed by atoms with Crippen molar-refractivity contribution in [1.82, 2.24) is 19.2 Å². The summed E-state index contributed by atoms with van der Waals surface area (Å²) in [5.41, 5.74) is 1.32. The maximum Gasteiger partial charge on any atom is 0.296 e. The molecule has 0 spiro atoms. The summed E-state index contributed by atoms with van der Waals surface area (Å²) in [6.45, 7) is 0.177. The van der Waals surface area contributed by atoms with E-state index in [1.807, 2.05) is 24.3 Å². The van der Waals surface area contributed by atoms with E-state index >= 15 is 0 Å². The van der Waals surface area contributed by atoms with Gasteiger partial charge >= 0.3 is 0 Å². The van der Waals surface area contributed by atoms with Gasteiger partial charge in [-0.2, -0.15) is 14.6 Å². The van der Waals surface area contributed by atoms with Crippen molar-refractivity contribution >= 4 is 22.8 Å². The van der Waals surface area contributed by atoms with Crippen LogP contribution in [-0.4, -0.2) is 25.1 Å². The van der Waals surface area contributed by atoms with Crippen molar-refractivity contribution in [3.8, 4) is 0 Å². The summed E-state index contributed by atoms with van der Waals surface area (Å²) in [4.78, 5) is 27.1. The molecule has 4 aromatic rings. The number of hydrogen-bond acceptors (Lipinski definition) is 5. The molecule has 7 nitrogen and oxygen atoms in total. The smallest absolute Gasteiger partial charge is 0.296 e. The second-order valence-electron chi connectivity index (χ2n) is 6.11. The normalized spacial score (nSPS) is 11.3. The molecule has 0 radical (unpaired) electrons. The lowest BCUT2D eigenvalue weighted by molar-refractivity contribution is -0.305. The molecular formula is C19H14FN4O3-. The molecule has 0 aliphatic rings. The van der Waals surface area contributed by atoms with Gasteiger partial charge in [0.25, 0.3) is 5.56 Å².